The Balaban J connectivity index is 2.04. The quantitative estimate of drug-likeness (QED) is 0.312. The van der Waals surface area contributed by atoms with Crippen LogP contribution in [0.3, 0.4) is 0 Å². The zero-order chi connectivity index (χ0) is 24.9. The van der Waals surface area contributed by atoms with Crippen molar-refractivity contribution in [1.82, 2.24) is 20.4 Å². The van der Waals surface area contributed by atoms with Crippen molar-refractivity contribution in [3.63, 3.8) is 0 Å². The average molecular weight is 483 g/mol. The van der Waals surface area contributed by atoms with E-state index in [1.807, 2.05) is 13.8 Å². The molecule has 0 radical (unpaired) electrons. The largest absolute Gasteiger partial charge is 0.466 e. The topological polar surface area (TPSA) is 134 Å². The third-order valence-corrected chi connectivity index (χ3v) is 5.89. The number of piperazine rings is 2. The molecule has 2 heterocycles. The van der Waals surface area contributed by atoms with Crippen molar-refractivity contribution >= 4 is 29.8 Å². The van der Waals surface area contributed by atoms with E-state index in [0.29, 0.717) is 0 Å². The lowest BCUT2D eigenvalue weighted by molar-refractivity contribution is -0.148. The summed E-state index contributed by atoms with van der Waals surface area (Å²) in [5.74, 6) is -2.00. The molecule has 2 aliphatic rings. The Morgan fingerprint density at radius 3 is 1.56 bits per heavy atom. The lowest BCUT2D eigenvalue weighted by Gasteiger charge is -2.41. The molecule has 2 unspecified atom stereocenters. The van der Waals surface area contributed by atoms with Crippen LogP contribution in [-0.2, 0) is 28.7 Å². The summed E-state index contributed by atoms with van der Waals surface area (Å²) in [7, 11) is 0. The maximum absolute atomic E-state index is 13.4. The van der Waals surface area contributed by atoms with E-state index >= 15 is 0 Å². The van der Waals surface area contributed by atoms with Crippen LogP contribution in [0.25, 0.3) is 0 Å². The van der Waals surface area contributed by atoms with Crippen molar-refractivity contribution in [1.29, 1.82) is 0 Å². The molecule has 0 saturated carbocycles. The zero-order valence-corrected chi connectivity index (χ0v) is 20.3. The van der Waals surface area contributed by atoms with Gasteiger partial charge in [-0.05, 0) is 12.8 Å². The van der Waals surface area contributed by atoms with Crippen LogP contribution in [0.4, 0.5) is 4.79 Å². The fraction of sp³-hybridized carbons (Fsp3) is 0.783. The Morgan fingerprint density at radius 2 is 1.18 bits per heavy atom. The second kappa shape index (κ2) is 14.4. The number of amides is 4. The summed E-state index contributed by atoms with van der Waals surface area (Å²) < 4.78 is 10.4. The summed E-state index contributed by atoms with van der Waals surface area (Å²) in [5.41, 5.74) is 0. The number of esters is 2. The SMILES string of the molecule is CCCCCOC(=O)CC1C(=O)NCCN1C(=O)N1CCNC(=O)C1CC(=O)OCCCCC. The second-order valence-electron chi connectivity index (χ2n) is 8.55. The normalized spacial score (nSPS) is 20.4. The summed E-state index contributed by atoms with van der Waals surface area (Å²) in [6.07, 6.45) is 4.77. The number of nitrogens with zero attached hydrogens (tertiary/aromatic N) is 2. The molecule has 0 bridgehead atoms. The first-order chi connectivity index (χ1) is 16.4. The van der Waals surface area contributed by atoms with Crippen LogP contribution >= 0.6 is 0 Å². The van der Waals surface area contributed by atoms with Gasteiger partial charge >= 0.3 is 18.0 Å². The van der Waals surface area contributed by atoms with Gasteiger partial charge in [-0.2, -0.15) is 0 Å². The highest BCUT2D eigenvalue weighted by Crippen LogP contribution is 2.18. The number of unbranched alkanes of at least 4 members (excludes halogenated alkanes) is 4. The summed E-state index contributed by atoms with van der Waals surface area (Å²) in [6, 6.07) is -2.63. The molecule has 0 aromatic rings. The van der Waals surface area contributed by atoms with Gasteiger partial charge in [-0.15, -0.1) is 0 Å². The van der Waals surface area contributed by atoms with E-state index in [2.05, 4.69) is 10.6 Å². The molecule has 2 rings (SSSR count). The molecule has 11 heteroatoms. The average Bonchev–Trinajstić information content (AvgIpc) is 2.82. The molecule has 11 nitrogen and oxygen atoms in total. The third-order valence-electron chi connectivity index (χ3n) is 5.89. The number of hydrogen-bond donors (Lipinski definition) is 2. The molecule has 2 fully saturated rings. The van der Waals surface area contributed by atoms with Gasteiger partial charge in [0.2, 0.25) is 11.8 Å². The van der Waals surface area contributed by atoms with Gasteiger partial charge in [0.05, 0.1) is 26.1 Å². The minimum absolute atomic E-state index is 0.185. The van der Waals surface area contributed by atoms with Gasteiger partial charge in [0, 0.05) is 26.2 Å². The van der Waals surface area contributed by atoms with Crippen LogP contribution in [0.1, 0.15) is 65.2 Å². The Bertz CT molecular complexity index is 672. The van der Waals surface area contributed by atoms with Gasteiger partial charge in [0.1, 0.15) is 12.1 Å². The van der Waals surface area contributed by atoms with E-state index in [1.54, 1.807) is 0 Å². The summed E-state index contributed by atoms with van der Waals surface area (Å²) in [6.45, 7) is 5.45. The minimum Gasteiger partial charge on any atom is -0.466 e. The van der Waals surface area contributed by atoms with E-state index in [4.69, 9.17) is 9.47 Å². The van der Waals surface area contributed by atoms with Gasteiger partial charge in [-0.1, -0.05) is 39.5 Å². The molecule has 192 valence electrons. The highest BCUT2D eigenvalue weighted by atomic mass is 16.5. The van der Waals surface area contributed by atoms with Crippen LogP contribution < -0.4 is 10.6 Å². The molecule has 4 amide bonds. The molecular formula is C23H38N4O7. The van der Waals surface area contributed by atoms with Crippen LogP contribution in [0.15, 0.2) is 0 Å². The molecule has 2 saturated heterocycles. The van der Waals surface area contributed by atoms with Crippen molar-refractivity contribution < 1.29 is 33.4 Å². The molecule has 0 spiro atoms. The Hall–Kier alpha value is -2.85. The van der Waals surface area contributed by atoms with Crippen LogP contribution in [0, 0.1) is 0 Å². The molecule has 2 aliphatic heterocycles. The van der Waals surface area contributed by atoms with Crippen LogP contribution in [0.2, 0.25) is 0 Å². The first kappa shape index (κ1) is 27.4. The second-order valence-corrected chi connectivity index (χ2v) is 8.55. The number of nitrogens with one attached hydrogen (secondary N) is 2. The first-order valence-corrected chi connectivity index (χ1v) is 12.3. The van der Waals surface area contributed by atoms with Gasteiger partial charge < -0.3 is 29.9 Å². The highest BCUT2D eigenvalue weighted by Gasteiger charge is 2.42. The van der Waals surface area contributed by atoms with Crippen molar-refractivity contribution in [3.8, 4) is 0 Å². The molecule has 0 aliphatic carbocycles. The summed E-state index contributed by atoms with van der Waals surface area (Å²) >= 11 is 0. The van der Waals surface area contributed by atoms with Crippen LogP contribution in [0.5, 0.6) is 0 Å². The predicted octanol–water partition coefficient (Wildman–Crippen LogP) is 0.954. The molecule has 0 aromatic carbocycles. The fourth-order valence-corrected chi connectivity index (χ4v) is 3.97. The molecule has 34 heavy (non-hydrogen) atoms. The van der Waals surface area contributed by atoms with Gasteiger partial charge in [0.25, 0.3) is 0 Å². The summed E-state index contributed by atoms with van der Waals surface area (Å²) in [4.78, 5) is 65.6. The highest BCUT2D eigenvalue weighted by molar-refractivity contribution is 5.95. The van der Waals surface area contributed by atoms with Crippen molar-refractivity contribution in [2.45, 2.75) is 77.3 Å². The Labute approximate surface area is 200 Å². The minimum atomic E-state index is -1.04. The van der Waals surface area contributed by atoms with Gasteiger partial charge in [-0.25, -0.2) is 4.79 Å². The number of ether oxygens (including phenoxy) is 2. The van der Waals surface area contributed by atoms with E-state index in [9.17, 15) is 24.0 Å². The fourth-order valence-electron chi connectivity index (χ4n) is 3.97. The number of rotatable bonds is 12. The van der Waals surface area contributed by atoms with E-state index in [0.717, 1.165) is 38.5 Å². The monoisotopic (exact) mass is 482 g/mol. The van der Waals surface area contributed by atoms with E-state index in [-0.39, 0.29) is 52.2 Å². The molecule has 0 aromatic heterocycles. The maximum Gasteiger partial charge on any atom is 0.321 e. The zero-order valence-electron chi connectivity index (χ0n) is 20.3. The van der Waals surface area contributed by atoms with Crippen molar-refractivity contribution in [3.05, 3.63) is 0 Å². The maximum atomic E-state index is 13.4. The lowest BCUT2D eigenvalue weighted by Crippen LogP contribution is -2.65. The predicted molar refractivity (Wildman–Crippen MR) is 123 cm³/mol. The van der Waals surface area contributed by atoms with Gasteiger partial charge in [-0.3, -0.25) is 19.2 Å². The van der Waals surface area contributed by atoms with Crippen molar-refractivity contribution in [2.75, 3.05) is 39.4 Å². The van der Waals surface area contributed by atoms with E-state index in [1.165, 1.54) is 9.80 Å². The number of carbonyl (C=O) groups is 5. The molecular weight excluding hydrogens is 444 g/mol. The lowest BCUT2D eigenvalue weighted by atomic mass is 10.1. The van der Waals surface area contributed by atoms with Crippen LogP contribution in [-0.4, -0.2) is 91.1 Å². The number of carbonyl (C=O) groups excluding carboxylic acids is 5. The standard InChI is InChI=1S/C23H38N4O7/c1-3-5-7-13-33-19(28)15-17-21(30)24-9-11-26(17)23(32)27-12-10-25-22(31)18(27)16-20(29)34-14-8-6-4-2/h17-18H,3-16H2,1-2H3,(H,24,30)(H,25,31). The smallest absolute Gasteiger partial charge is 0.321 e. The molecule has 2 atom stereocenters. The van der Waals surface area contributed by atoms with Crippen molar-refractivity contribution in [2.24, 2.45) is 0 Å². The van der Waals surface area contributed by atoms with E-state index < -0.39 is 41.9 Å². The van der Waals surface area contributed by atoms with Gasteiger partial charge in [0.15, 0.2) is 0 Å². The number of urea groups is 1. The first-order valence-electron chi connectivity index (χ1n) is 12.3. The summed E-state index contributed by atoms with van der Waals surface area (Å²) in [5, 5.41) is 5.35. The Morgan fingerprint density at radius 1 is 0.765 bits per heavy atom. The third kappa shape index (κ3) is 8.18. The Kier molecular flexibility index (Phi) is 11.6. The number of hydrogen-bond acceptors (Lipinski definition) is 7. The molecule has 2 N–H and O–H groups in total.